The number of likely N-dealkylation sites (tertiary alicyclic amines) is 1. The van der Waals surface area contributed by atoms with Crippen LogP contribution in [0.15, 0.2) is 60.7 Å². The second-order valence-corrected chi connectivity index (χ2v) is 11.9. The Bertz CT molecular complexity index is 1220. The zero-order valence-corrected chi connectivity index (χ0v) is 22.1. The Labute approximate surface area is 214 Å². The third-order valence-corrected chi connectivity index (χ3v) is 7.88. The number of hydrogen-bond donors (Lipinski definition) is 1. The van der Waals surface area contributed by atoms with Gasteiger partial charge in [-0.05, 0) is 68.7 Å². The van der Waals surface area contributed by atoms with Gasteiger partial charge in [-0.25, -0.2) is 4.79 Å². The highest BCUT2D eigenvalue weighted by Crippen LogP contribution is 2.26. The van der Waals surface area contributed by atoms with E-state index in [2.05, 4.69) is 35.6 Å². The molecule has 2 aromatic heterocycles. The molecule has 0 unspecified atom stereocenters. The number of ether oxygens (including phenoxy) is 1. The maximum atomic E-state index is 12.3. The maximum absolute atomic E-state index is 12.3. The molecule has 35 heavy (non-hydrogen) atoms. The summed E-state index contributed by atoms with van der Waals surface area (Å²) < 4.78 is 8.02. The highest BCUT2D eigenvalue weighted by molar-refractivity contribution is 7.20. The van der Waals surface area contributed by atoms with E-state index in [1.165, 1.54) is 31.0 Å². The number of nitrogens with one attached hydrogen (secondary N) is 1. The van der Waals surface area contributed by atoms with E-state index in [1.54, 1.807) is 0 Å². The van der Waals surface area contributed by atoms with Gasteiger partial charge in [0.15, 0.2) is 6.29 Å². The van der Waals surface area contributed by atoms with Crippen LogP contribution in [-0.2, 0) is 11.3 Å². The number of aldehydes is 1. The third kappa shape index (κ3) is 6.90. The molecule has 0 bridgehead atoms. The number of benzene rings is 2. The van der Waals surface area contributed by atoms with Crippen molar-refractivity contribution in [1.82, 2.24) is 10.2 Å². The van der Waals surface area contributed by atoms with Crippen molar-refractivity contribution < 1.29 is 14.3 Å². The largest absolute Gasteiger partial charge is 0.444 e. The van der Waals surface area contributed by atoms with E-state index in [4.69, 9.17) is 4.74 Å². The molecule has 2 aromatic carbocycles. The number of fused-ring (bicyclic) bond motifs is 2. The van der Waals surface area contributed by atoms with Crippen molar-refractivity contribution in [3.63, 3.8) is 0 Å². The minimum atomic E-state index is -0.436. The fourth-order valence-corrected chi connectivity index (χ4v) is 6.07. The minimum absolute atomic E-state index is 0.186. The Hall–Kier alpha value is -2.74. The second kappa shape index (κ2) is 11.3. The van der Waals surface area contributed by atoms with Crippen LogP contribution in [0.1, 0.15) is 48.2 Å². The number of hydrogen-bond acceptors (Lipinski definition) is 6. The summed E-state index contributed by atoms with van der Waals surface area (Å²) in [7, 11) is 0. The van der Waals surface area contributed by atoms with Crippen molar-refractivity contribution in [3.05, 3.63) is 70.4 Å². The Morgan fingerprint density at radius 1 is 1.06 bits per heavy atom. The van der Waals surface area contributed by atoms with Gasteiger partial charge in [0, 0.05) is 40.0 Å². The van der Waals surface area contributed by atoms with Gasteiger partial charge in [0.05, 0.1) is 4.88 Å². The molecule has 1 aliphatic rings. The third-order valence-electron chi connectivity index (χ3n) is 5.72. The normalized spacial score (nSPS) is 15.7. The van der Waals surface area contributed by atoms with E-state index in [-0.39, 0.29) is 12.1 Å². The van der Waals surface area contributed by atoms with Crippen LogP contribution >= 0.6 is 22.7 Å². The van der Waals surface area contributed by atoms with Crippen LogP contribution in [0.4, 0.5) is 4.79 Å². The molecule has 1 N–H and O–H groups in total. The van der Waals surface area contributed by atoms with Crippen molar-refractivity contribution in [2.75, 3.05) is 13.1 Å². The maximum Gasteiger partial charge on any atom is 0.410 e. The molecule has 0 radical (unpaired) electrons. The molecule has 4 aromatic rings. The summed E-state index contributed by atoms with van der Waals surface area (Å²) in [6, 6.07) is 20.8. The first-order valence-corrected chi connectivity index (χ1v) is 13.6. The number of rotatable bonds is 5. The zero-order chi connectivity index (χ0) is 24.8. The average Bonchev–Trinajstić information content (AvgIpc) is 3.55. The van der Waals surface area contributed by atoms with Crippen molar-refractivity contribution in [2.24, 2.45) is 0 Å². The van der Waals surface area contributed by atoms with Crippen LogP contribution < -0.4 is 5.32 Å². The van der Waals surface area contributed by atoms with E-state index < -0.39 is 5.60 Å². The summed E-state index contributed by atoms with van der Waals surface area (Å²) in [4.78, 5) is 26.7. The molecule has 0 spiro atoms. The molecule has 184 valence electrons. The summed E-state index contributed by atoms with van der Waals surface area (Å²) in [6.45, 7) is 8.19. The van der Waals surface area contributed by atoms with Crippen molar-refractivity contribution in [3.8, 4) is 0 Å². The van der Waals surface area contributed by atoms with Crippen LogP contribution in [0, 0.1) is 0 Å². The van der Waals surface area contributed by atoms with Crippen LogP contribution in [0.5, 0.6) is 0 Å². The summed E-state index contributed by atoms with van der Waals surface area (Å²) in [5, 5.41) is 5.97. The zero-order valence-electron chi connectivity index (χ0n) is 20.5. The van der Waals surface area contributed by atoms with Gasteiger partial charge >= 0.3 is 6.09 Å². The van der Waals surface area contributed by atoms with Gasteiger partial charge in [-0.1, -0.05) is 36.4 Å². The van der Waals surface area contributed by atoms with Gasteiger partial charge in [0.2, 0.25) is 0 Å². The SMILES string of the molecule is CC(C)(C)OC(=O)N1CCC[C@H]1CNCc1cc2ccccc2s1.O=Cc1cc2ccccc2s1. The molecule has 5 nitrogen and oxygen atoms in total. The Balaban J connectivity index is 0.000000218. The van der Waals surface area contributed by atoms with Crippen LogP contribution in [0.3, 0.4) is 0 Å². The first-order valence-electron chi connectivity index (χ1n) is 11.9. The lowest BCUT2D eigenvalue weighted by Crippen LogP contribution is -2.43. The Kier molecular flexibility index (Phi) is 8.21. The molecule has 1 fully saturated rings. The molecular weight excluding hydrogens is 476 g/mol. The van der Waals surface area contributed by atoms with E-state index in [0.717, 1.165) is 49.0 Å². The van der Waals surface area contributed by atoms with Crippen LogP contribution in [0.25, 0.3) is 20.2 Å². The predicted octanol–water partition coefficient (Wildman–Crippen LogP) is 7.10. The van der Waals surface area contributed by atoms with E-state index in [0.29, 0.717) is 0 Å². The van der Waals surface area contributed by atoms with Gasteiger partial charge in [0.25, 0.3) is 0 Å². The molecule has 5 rings (SSSR count). The lowest BCUT2D eigenvalue weighted by molar-refractivity contribution is 0.0226. The first-order chi connectivity index (χ1) is 16.8. The van der Waals surface area contributed by atoms with E-state index >= 15 is 0 Å². The quantitative estimate of drug-likeness (QED) is 0.292. The molecule has 1 aliphatic heterocycles. The number of carbonyl (C=O) groups excluding carboxylic acids is 2. The van der Waals surface area contributed by atoms with E-state index in [9.17, 15) is 9.59 Å². The molecular formula is C28H32N2O3S2. The number of nitrogens with zero attached hydrogens (tertiary/aromatic N) is 1. The average molecular weight is 509 g/mol. The first kappa shape index (κ1) is 25.4. The van der Waals surface area contributed by atoms with Crippen molar-refractivity contribution in [1.29, 1.82) is 0 Å². The minimum Gasteiger partial charge on any atom is -0.444 e. The summed E-state index contributed by atoms with van der Waals surface area (Å²) in [5.41, 5.74) is -0.436. The molecule has 0 aliphatic carbocycles. The highest BCUT2D eigenvalue weighted by Gasteiger charge is 2.31. The monoisotopic (exact) mass is 508 g/mol. The van der Waals surface area contributed by atoms with Gasteiger partial charge in [-0.15, -0.1) is 22.7 Å². The van der Waals surface area contributed by atoms with Crippen molar-refractivity contribution in [2.45, 2.75) is 51.8 Å². The van der Waals surface area contributed by atoms with Crippen LogP contribution in [0.2, 0.25) is 0 Å². The fraction of sp³-hybridized carbons (Fsp3) is 0.357. The molecule has 7 heteroatoms. The second-order valence-electron chi connectivity index (χ2n) is 9.66. The summed E-state index contributed by atoms with van der Waals surface area (Å²) in [5.74, 6) is 0. The fourth-order valence-electron chi connectivity index (χ4n) is 4.16. The number of thiophene rings is 2. The van der Waals surface area contributed by atoms with Gasteiger partial charge in [0.1, 0.15) is 5.60 Å². The highest BCUT2D eigenvalue weighted by atomic mass is 32.1. The van der Waals surface area contributed by atoms with Crippen LogP contribution in [-0.4, -0.2) is 42.0 Å². The lowest BCUT2D eigenvalue weighted by Gasteiger charge is -2.28. The number of carbonyl (C=O) groups is 2. The molecule has 1 saturated heterocycles. The van der Waals surface area contributed by atoms with Gasteiger partial charge < -0.3 is 15.0 Å². The summed E-state index contributed by atoms with van der Waals surface area (Å²) in [6.07, 6.45) is 2.80. The Morgan fingerprint density at radius 2 is 1.71 bits per heavy atom. The summed E-state index contributed by atoms with van der Waals surface area (Å²) >= 11 is 3.36. The number of amides is 1. The van der Waals surface area contributed by atoms with Gasteiger partial charge in [-0.2, -0.15) is 0 Å². The topological polar surface area (TPSA) is 58.6 Å². The standard InChI is InChI=1S/C19H26N2O2S.C9H6OS/c1-19(2,3)23-18(22)21-10-6-8-15(21)12-20-13-16-11-14-7-4-5-9-17(14)24-16;10-6-8-5-7-3-1-2-4-9(7)11-8/h4-5,7,9,11,15,20H,6,8,10,12-13H2,1-3H3;1-6H/t15-;/m0./s1. The van der Waals surface area contributed by atoms with Gasteiger partial charge in [-0.3, -0.25) is 4.79 Å². The predicted molar refractivity (Wildman–Crippen MR) is 147 cm³/mol. The molecule has 1 atom stereocenters. The molecule has 0 saturated carbocycles. The van der Waals surface area contributed by atoms with E-state index in [1.807, 2.05) is 67.3 Å². The molecule has 3 heterocycles. The Morgan fingerprint density at radius 3 is 2.34 bits per heavy atom. The lowest BCUT2D eigenvalue weighted by atomic mass is 10.2. The smallest absolute Gasteiger partial charge is 0.410 e. The van der Waals surface area contributed by atoms with Crippen molar-refractivity contribution >= 4 is 55.2 Å². The molecule has 1 amide bonds.